The van der Waals surface area contributed by atoms with E-state index >= 15 is 0 Å². The highest BCUT2D eigenvalue weighted by Crippen LogP contribution is 2.24. The van der Waals surface area contributed by atoms with Gasteiger partial charge >= 0.3 is 5.97 Å². The summed E-state index contributed by atoms with van der Waals surface area (Å²) in [7, 11) is 0. The lowest BCUT2D eigenvalue weighted by atomic mass is 10.1. The fraction of sp³-hybridized carbons (Fsp3) is 0.429. The zero-order valence-electron chi connectivity index (χ0n) is 11.5. The minimum absolute atomic E-state index is 0.0167. The Labute approximate surface area is 126 Å². The second-order valence-corrected chi connectivity index (χ2v) is 5.67. The van der Waals surface area contributed by atoms with Gasteiger partial charge in [0.05, 0.1) is 5.56 Å². The number of carbonyl (C=O) groups is 2. The molecule has 0 aliphatic rings. The van der Waals surface area contributed by atoms with Gasteiger partial charge in [-0.3, -0.25) is 9.59 Å². The first-order valence-electron chi connectivity index (χ1n) is 6.34. The molecule has 1 amide bonds. The monoisotopic (exact) mass is 343 g/mol. The zero-order chi connectivity index (χ0) is 15.3. The Morgan fingerprint density at radius 2 is 2.00 bits per heavy atom. The number of rotatable bonds is 6. The summed E-state index contributed by atoms with van der Waals surface area (Å²) in [6.07, 6.45) is 0.402. The summed E-state index contributed by atoms with van der Waals surface area (Å²) in [5.74, 6) is -1.27. The van der Waals surface area contributed by atoms with E-state index in [0.717, 1.165) is 0 Å². The van der Waals surface area contributed by atoms with Crippen LogP contribution in [0.4, 0.5) is 0 Å². The van der Waals surface area contributed by atoms with Gasteiger partial charge in [0.1, 0.15) is 5.75 Å². The van der Waals surface area contributed by atoms with Gasteiger partial charge in [-0.05, 0) is 38.5 Å². The number of halogens is 1. The van der Waals surface area contributed by atoms with Gasteiger partial charge in [0.15, 0.2) is 0 Å². The molecule has 0 fully saturated rings. The number of carboxylic acids is 1. The second-order valence-electron chi connectivity index (χ2n) is 4.75. The first-order chi connectivity index (χ1) is 9.32. The molecule has 0 atom stereocenters. The molecule has 0 aliphatic heterocycles. The lowest BCUT2D eigenvalue weighted by molar-refractivity contribution is -0.137. The van der Waals surface area contributed by atoms with Crippen LogP contribution < -0.4 is 0 Å². The first-order valence-corrected chi connectivity index (χ1v) is 7.13. The number of aliphatic carboxylic acids is 1. The van der Waals surface area contributed by atoms with E-state index in [1.807, 2.05) is 13.8 Å². The number of phenols is 1. The average molecular weight is 344 g/mol. The van der Waals surface area contributed by atoms with Crippen molar-refractivity contribution in [2.75, 3.05) is 6.54 Å². The van der Waals surface area contributed by atoms with Gasteiger partial charge in [0.25, 0.3) is 5.91 Å². The molecule has 5 nitrogen and oxygen atoms in total. The summed E-state index contributed by atoms with van der Waals surface area (Å²) in [5, 5.41) is 18.5. The highest BCUT2D eigenvalue weighted by Gasteiger charge is 2.21. The van der Waals surface area contributed by atoms with Crippen molar-refractivity contribution in [3.63, 3.8) is 0 Å². The Balaban J connectivity index is 2.85. The molecule has 0 aliphatic carbocycles. The van der Waals surface area contributed by atoms with Crippen molar-refractivity contribution < 1.29 is 19.8 Å². The first kappa shape index (κ1) is 16.5. The van der Waals surface area contributed by atoms with Gasteiger partial charge in [-0.1, -0.05) is 15.9 Å². The molecule has 0 aromatic heterocycles. The average Bonchev–Trinajstić information content (AvgIpc) is 2.33. The fourth-order valence-corrected chi connectivity index (χ4v) is 2.18. The predicted octanol–water partition coefficient (Wildman–Crippen LogP) is 2.87. The van der Waals surface area contributed by atoms with Gasteiger partial charge < -0.3 is 15.1 Å². The molecule has 2 N–H and O–H groups in total. The molecular formula is C14H18BrNO4. The van der Waals surface area contributed by atoms with Gasteiger partial charge in [-0.25, -0.2) is 0 Å². The Bertz CT molecular complexity index is 502. The van der Waals surface area contributed by atoms with Gasteiger partial charge in [-0.15, -0.1) is 0 Å². The summed E-state index contributed by atoms with van der Waals surface area (Å²) in [6, 6.07) is 4.62. The number of hydrogen-bond donors (Lipinski definition) is 2. The van der Waals surface area contributed by atoms with Crippen LogP contribution in [0.2, 0.25) is 0 Å². The zero-order valence-corrected chi connectivity index (χ0v) is 13.1. The van der Waals surface area contributed by atoms with E-state index in [2.05, 4.69) is 15.9 Å². The van der Waals surface area contributed by atoms with Crippen molar-refractivity contribution >= 4 is 27.8 Å². The Morgan fingerprint density at radius 3 is 2.50 bits per heavy atom. The van der Waals surface area contributed by atoms with E-state index in [-0.39, 0.29) is 29.7 Å². The molecule has 0 heterocycles. The summed E-state index contributed by atoms with van der Waals surface area (Å²) in [5.41, 5.74) is 0.220. The van der Waals surface area contributed by atoms with Crippen molar-refractivity contribution in [3.8, 4) is 5.75 Å². The third-order valence-electron chi connectivity index (χ3n) is 2.86. The van der Waals surface area contributed by atoms with Crippen LogP contribution in [0, 0.1) is 0 Å². The molecule has 110 valence electrons. The third-order valence-corrected chi connectivity index (χ3v) is 3.36. The maximum absolute atomic E-state index is 12.4. The quantitative estimate of drug-likeness (QED) is 0.832. The van der Waals surface area contributed by atoms with Crippen LogP contribution in [0.5, 0.6) is 5.75 Å². The van der Waals surface area contributed by atoms with Crippen molar-refractivity contribution in [1.82, 2.24) is 4.90 Å². The molecule has 6 heteroatoms. The highest BCUT2D eigenvalue weighted by molar-refractivity contribution is 9.10. The van der Waals surface area contributed by atoms with Gasteiger partial charge in [0, 0.05) is 23.5 Å². The lowest BCUT2D eigenvalue weighted by Crippen LogP contribution is -2.38. The molecule has 0 saturated heterocycles. The number of nitrogens with zero attached hydrogens (tertiary/aromatic N) is 1. The number of amides is 1. The molecule has 0 bridgehead atoms. The Morgan fingerprint density at radius 1 is 1.35 bits per heavy atom. The normalized spacial score (nSPS) is 10.6. The molecule has 1 rings (SSSR count). The van der Waals surface area contributed by atoms with Crippen molar-refractivity contribution in [2.45, 2.75) is 32.7 Å². The van der Waals surface area contributed by atoms with Crippen LogP contribution in [0.3, 0.4) is 0 Å². The van der Waals surface area contributed by atoms with Gasteiger partial charge in [-0.2, -0.15) is 0 Å². The fourth-order valence-electron chi connectivity index (χ4n) is 1.84. The van der Waals surface area contributed by atoms with Crippen LogP contribution in [-0.2, 0) is 4.79 Å². The minimum atomic E-state index is -0.882. The maximum Gasteiger partial charge on any atom is 0.303 e. The summed E-state index contributed by atoms with van der Waals surface area (Å²) < 4.78 is 0.688. The second kappa shape index (κ2) is 7.28. The van der Waals surface area contributed by atoms with E-state index in [1.165, 1.54) is 6.07 Å². The van der Waals surface area contributed by atoms with E-state index < -0.39 is 5.97 Å². The van der Waals surface area contributed by atoms with Crippen LogP contribution >= 0.6 is 15.9 Å². The number of aromatic hydroxyl groups is 1. The number of benzene rings is 1. The summed E-state index contributed by atoms with van der Waals surface area (Å²) in [4.78, 5) is 24.5. The van der Waals surface area contributed by atoms with Crippen molar-refractivity contribution in [3.05, 3.63) is 28.2 Å². The number of carbonyl (C=O) groups excluding carboxylic acids is 1. The van der Waals surface area contributed by atoms with Crippen LogP contribution in [0.25, 0.3) is 0 Å². The Kier molecular flexibility index (Phi) is 6.01. The van der Waals surface area contributed by atoms with E-state index in [1.54, 1.807) is 17.0 Å². The molecule has 0 unspecified atom stereocenters. The standard InChI is InChI=1S/C14H18BrNO4/c1-9(2)16(7-3-4-13(18)19)14(20)11-6-5-10(15)8-12(11)17/h5-6,8-9,17H,3-4,7H2,1-2H3,(H,18,19). The topological polar surface area (TPSA) is 77.8 Å². The van der Waals surface area contributed by atoms with Crippen LogP contribution in [-0.4, -0.2) is 39.6 Å². The summed E-state index contributed by atoms with van der Waals surface area (Å²) >= 11 is 3.22. The van der Waals surface area contributed by atoms with Crippen LogP contribution in [0.1, 0.15) is 37.0 Å². The third kappa shape index (κ3) is 4.52. The van der Waals surface area contributed by atoms with E-state index in [9.17, 15) is 14.7 Å². The molecule has 1 aromatic rings. The predicted molar refractivity (Wildman–Crippen MR) is 78.8 cm³/mol. The largest absolute Gasteiger partial charge is 0.507 e. The lowest BCUT2D eigenvalue weighted by Gasteiger charge is -2.27. The number of carboxylic acid groups (broad SMARTS) is 1. The molecule has 1 aromatic carbocycles. The van der Waals surface area contributed by atoms with E-state index in [0.29, 0.717) is 17.4 Å². The minimum Gasteiger partial charge on any atom is -0.507 e. The molecule has 0 saturated carbocycles. The molecule has 0 radical (unpaired) electrons. The Hall–Kier alpha value is -1.56. The van der Waals surface area contributed by atoms with Crippen molar-refractivity contribution in [1.29, 1.82) is 0 Å². The SMILES string of the molecule is CC(C)N(CCCC(=O)O)C(=O)c1ccc(Br)cc1O. The smallest absolute Gasteiger partial charge is 0.303 e. The number of phenolic OH excluding ortho intramolecular Hbond substituents is 1. The number of hydrogen-bond acceptors (Lipinski definition) is 3. The van der Waals surface area contributed by atoms with Gasteiger partial charge in [0.2, 0.25) is 0 Å². The molecular weight excluding hydrogens is 326 g/mol. The van der Waals surface area contributed by atoms with Crippen LogP contribution in [0.15, 0.2) is 22.7 Å². The maximum atomic E-state index is 12.4. The van der Waals surface area contributed by atoms with E-state index in [4.69, 9.17) is 5.11 Å². The highest BCUT2D eigenvalue weighted by atomic mass is 79.9. The molecule has 0 spiro atoms. The van der Waals surface area contributed by atoms with Crippen molar-refractivity contribution in [2.24, 2.45) is 0 Å². The summed E-state index contributed by atoms with van der Waals surface area (Å²) in [6.45, 7) is 4.06. The molecule has 20 heavy (non-hydrogen) atoms.